The van der Waals surface area contributed by atoms with Crippen LogP contribution < -0.4 is 0 Å². The summed E-state index contributed by atoms with van der Waals surface area (Å²) in [5.74, 6) is 0. The van der Waals surface area contributed by atoms with Crippen molar-refractivity contribution in [3.63, 3.8) is 0 Å². The van der Waals surface area contributed by atoms with Crippen molar-refractivity contribution in [2.24, 2.45) is 0 Å². The maximum absolute atomic E-state index is 12.2. The van der Waals surface area contributed by atoms with Gasteiger partial charge in [0.1, 0.15) is 5.60 Å². The molecule has 2 rings (SSSR count). The molecule has 1 aliphatic heterocycles. The topological polar surface area (TPSA) is 38.8 Å². The number of benzene rings is 1. The Morgan fingerprint density at radius 3 is 2.32 bits per heavy atom. The third-order valence-corrected chi connectivity index (χ3v) is 3.52. The van der Waals surface area contributed by atoms with Crippen LogP contribution in [0.1, 0.15) is 45.6 Å². The predicted molar refractivity (Wildman–Crippen MR) is 93.7 cm³/mol. The van der Waals surface area contributed by atoms with E-state index in [2.05, 4.69) is 23.8 Å². The van der Waals surface area contributed by atoms with E-state index in [1.807, 2.05) is 18.2 Å². The van der Waals surface area contributed by atoms with Crippen LogP contribution >= 0.6 is 0 Å². The number of hydrogen-bond donors (Lipinski definition) is 0. The maximum atomic E-state index is 12.2. The van der Waals surface area contributed by atoms with Crippen LogP contribution in [-0.2, 0) is 9.47 Å². The van der Waals surface area contributed by atoms with E-state index in [9.17, 15) is 13.6 Å². The van der Waals surface area contributed by atoms with Gasteiger partial charge in [-0.05, 0) is 47.0 Å². The first kappa shape index (κ1) is 21.4. The molecule has 0 saturated carbocycles. The van der Waals surface area contributed by atoms with Crippen molar-refractivity contribution >= 4 is 6.09 Å². The van der Waals surface area contributed by atoms with Crippen molar-refractivity contribution in [3.05, 3.63) is 35.9 Å². The number of hydrogen-bond acceptors (Lipinski definition) is 3. The number of halogens is 2. The van der Waals surface area contributed by atoms with E-state index in [1.54, 1.807) is 20.8 Å². The fourth-order valence-corrected chi connectivity index (χ4v) is 2.39. The molecular formula is C19H29F2NO3. The number of amides is 1. The molecule has 0 radical (unpaired) electrons. The van der Waals surface area contributed by atoms with Gasteiger partial charge in [0.15, 0.2) is 0 Å². The molecule has 1 amide bonds. The summed E-state index contributed by atoms with van der Waals surface area (Å²) in [6.45, 7) is 5.30. The summed E-state index contributed by atoms with van der Waals surface area (Å²) in [5, 5.41) is 0. The van der Waals surface area contributed by atoms with Crippen LogP contribution in [0.25, 0.3) is 0 Å². The number of aryl methyl sites for hydroxylation is 1. The number of carbonyl (C=O) groups is 1. The van der Waals surface area contributed by atoms with Gasteiger partial charge < -0.3 is 14.4 Å². The van der Waals surface area contributed by atoms with Gasteiger partial charge in [-0.15, -0.1) is 0 Å². The lowest BCUT2D eigenvalue weighted by Crippen LogP contribution is -2.41. The summed E-state index contributed by atoms with van der Waals surface area (Å²) in [5.41, 5.74) is 0.741. The Kier molecular flexibility index (Phi) is 8.83. The summed E-state index contributed by atoms with van der Waals surface area (Å²) in [7, 11) is 0. The SMILES string of the molecule is CC(C)(C)OC(=O)N1CCCCC(OC(F)F)C1.Cc1ccccc1. The lowest BCUT2D eigenvalue weighted by Gasteiger charge is -2.28. The molecule has 1 aromatic carbocycles. The highest BCUT2D eigenvalue weighted by molar-refractivity contribution is 5.68. The van der Waals surface area contributed by atoms with E-state index < -0.39 is 24.4 Å². The van der Waals surface area contributed by atoms with E-state index in [0.29, 0.717) is 13.0 Å². The zero-order valence-electron chi connectivity index (χ0n) is 15.5. The minimum atomic E-state index is -2.80. The molecule has 1 saturated heterocycles. The van der Waals surface area contributed by atoms with Gasteiger partial charge in [0, 0.05) is 6.54 Å². The molecule has 25 heavy (non-hydrogen) atoms. The molecule has 0 bridgehead atoms. The first-order chi connectivity index (χ1) is 11.7. The van der Waals surface area contributed by atoms with E-state index >= 15 is 0 Å². The first-order valence-corrected chi connectivity index (χ1v) is 8.60. The normalized spacial score (nSPS) is 18.2. The van der Waals surface area contributed by atoms with E-state index in [1.165, 1.54) is 10.5 Å². The highest BCUT2D eigenvalue weighted by Crippen LogP contribution is 2.18. The van der Waals surface area contributed by atoms with Gasteiger partial charge in [0.05, 0.1) is 12.6 Å². The zero-order valence-corrected chi connectivity index (χ0v) is 15.5. The average molecular weight is 357 g/mol. The summed E-state index contributed by atoms with van der Waals surface area (Å²) < 4.78 is 34.1. The standard InChI is InChI=1S/C12H21F2NO3.C7H8/c1-12(2,3)18-11(16)15-7-5-4-6-9(8-15)17-10(13)14;1-7-5-3-2-4-6-7/h9-10H,4-8H2,1-3H3;2-6H,1H3. The maximum Gasteiger partial charge on any atom is 0.410 e. The number of nitrogens with zero attached hydrogens (tertiary/aromatic N) is 1. The highest BCUT2D eigenvalue weighted by atomic mass is 19.3. The predicted octanol–water partition coefficient (Wildman–Crippen LogP) is 5.01. The van der Waals surface area contributed by atoms with E-state index in [-0.39, 0.29) is 6.54 Å². The van der Waals surface area contributed by atoms with Crippen molar-refractivity contribution in [3.8, 4) is 0 Å². The molecule has 0 aromatic heterocycles. The molecule has 1 aromatic rings. The Morgan fingerprint density at radius 1 is 1.20 bits per heavy atom. The Bertz CT molecular complexity index is 503. The molecule has 0 N–H and O–H groups in total. The Hall–Kier alpha value is -1.69. The summed E-state index contributed by atoms with van der Waals surface area (Å²) in [6, 6.07) is 10.3. The molecular weight excluding hydrogens is 328 g/mol. The Labute approximate surface area is 149 Å². The number of alkyl halides is 2. The lowest BCUT2D eigenvalue weighted by molar-refractivity contribution is -0.166. The monoisotopic (exact) mass is 357 g/mol. The minimum Gasteiger partial charge on any atom is -0.444 e. The third-order valence-electron chi connectivity index (χ3n) is 3.52. The van der Waals surface area contributed by atoms with Crippen LogP contribution in [-0.4, -0.2) is 42.4 Å². The van der Waals surface area contributed by atoms with Gasteiger partial charge in [0.25, 0.3) is 0 Å². The van der Waals surface area contributed by atoms with Gasteiger partial charge >= 0.3 is 12.7 Å². The van der Waals surface area contributed by atoms with Crippen LogP contribution in [0.2, 0.25) is 0 Å². The van der Waals surface area contributed by atoms with Gasteiger partial charge in [-0.3, -0.25) is 0 Å². The van der Waals surface area contributed by atoms with Crippen LogP contribution in [0, 0.1) is 6.92 Å². The minimum absolute atomic E-state index is 0.166. The quantitative estimate of drug-likeness (QED) is 0.747. The Morgan fingerprint density at radius 2 is 1.84 bits per heavy atom. The number of rotatable bonds is 2. The molecule has 4 nitrogen and oxygen atoms in total. The fourth-order valence-electron chi connectivity index (χ4n) is 2.39. The van der Waals surface area contributed by atoms with Crippen LogP contribution in [0.5, 0.6) is 0 Å². The molecule has 0 spiro atoms. The Balaban J connectivity index is 0.000000370. The summed E-state index contributed by atoms with van der Waals surface area (Å²) >= 11 is 0. The molecule has 1 aliphatic rings. The highest BCUT2D eigenvalue weighted by Gasteiger charge is 2.27. The molecule has 1 atom stereocenters. The van der Waals surface area contributed by atoms with Crippen molar-refractivity contribution in [1.29, 1.82) is 0 Å². The first-order valence-electron chi connectivity index (χ1n) is 8.60. The average Bonchev–Trinajstić information content (AvgIpc) is 2.72. The molecule has 1 fully saturated rings. The second-order valence-corrected chi connectivity index (χ2v) is 7.10. The number of carbonyl (C=O) groups excluding carboxylic acids is 1. The van der Waals surface area contributed by atoms with Crippen LogP contribution in [0.3, 0.4) is 0 Å². The second kappa shape index (κ2) is 10.3. The fraction of sp³-hybridized carbons (Fsp3) is 0.632. The van der Waals surface area contributed by atoms with E-state index in [0.717, 1.165) is 12.8 Å². The zero-order chi connectivity index (χ0) is 18.9. The summed E-state index contributed by atoms with van der Waals surface area (Å²) in [4.78, 5) is 13.3. The van der Waals surface area contributed by atoms with Crippen molar-refractivity contribution in [2.75, 3.05) is 13.1 Å². The number of likely N-dealkylation sites (tertiary alicyclic amines) is 1. The number of ether oxygens (including phenoxy) is 2. The molecule has 0 aliphatic carbocycles. The van der Waals surface area contributed by atoms with Gasteiger partial charge in [0.2, 0.25) is 0 Å². The molecule has 142 valence electrons. The molecule has 1 heterocycles. The second-order valence-electron chi connectivity index (χ2n) is 7.10. The molecule has 6 heteroatoms. The van der Waals surface area contributed by atoms with Crippen molar-refractivity contribution in [2.45, 2.75) is 65.3 Å². The lowest BCUT2D eigenvalue weighted by atomic mass is 10.2. The third kappa shape index (κ3) is 10.0. The van der Waals surface area contributed by atoms with E-state index in [4.69, 9.17) is 4.74 Å². The molecule has 1 unspecified atom stereocenters. The smallest absolute Gasteiger partial charge is 0.410 e. The van der Waals surface area contributed by atoms with Crippen molar-refractivity contribution in [1.82, 2.24) is 4.90 Å². The van der Waals surface area contributed by atoms with Gasteiger partial charge in [-0.1, -0.05) is 35.9 Å². The van der Waals surface area contributed by atoms with Crippen molar-refractivity contribution < 1.29 is 23.0 Å². The summed E-state index contributed by atoms with van der Waals surface area (Å²) in [6.07, 6.45) is 1.02. The van der Waals surface area contributed by atoms with Crippen LogP contribution in [0.15, 0.2) is 30.3 Å². The van der Waals surface area contributed by atoms with Crippen LogP contribution in [0.4, 0.5) is 13.6 Å². The van der Waals surface area contributed by atoms with Gasteiger partial charge in [-0.25, -0.2) is 4.79 Å². The van der Waals surface area contributed by atoms with Gasteiger partial charge in [-0.2, -0.15) is 8.78 Å². The largest absolute Gasteiger partial charge is 0.444 e.